The summed E-state index contributed by atoms with van der Waals surface area (Å²) in [4.78, 5) is 15.5. The van der Waals surface area contributed by atoms with Crippen molar-refractivity contribution >= 4 is 16.8 Å². The van der Waals surface area contributed by atoms with Gasteiger partial charge >= 0.3 is 6.03 Å². The van der Waals surface area contributed by atoms with E-state index in [2.05, 4.69) is 39.8 Å². The number of hydrogen-bond acceptors (Lipinski definition) is 4. The Balaban J connectivity index is 1.31. The molecule has 0 radical (unpaired) electrons. The highest BCUT2D eigenvalue weighted by Crippen LogP contribution is 2.29. The summed E-state index contributed by atoms with van der Waals surface area (Å²) in [7, 11) is 0. The van der Waals surface area contributed by atoms with Crippen LogP contribution in [0.2, 0.25) is 0 Å². The smallest absolute Gasteiger partial charge is 0.315 e. The van der Waals surface area contributed by atoms with Gasteiger partial charge in [0, 0.05) is 6.54 Å². The molecule has 184 valence electrons. The molecule has 6 heteroatoms. The van der Waals surface area contributed by atoms with Gasteiger partial charge < -0.3 is 25.4 Å². The summed E-state index contributed by atoms with van der Waals surface area (Å²) in [5.41, 5.74) is 3.02. The number of carbonyl (C=O) groups is 1. The summed E-state index contributed by atoms with van der Waals surface area (Å²) in [6.07, 6.45) is 3.44. The minimum atomic E-state index is -0.804. The first-order chi connectivity index (χ1) is 17.1. The average molecular weight is 474 g/mol. The van der Waals surface area contributed by atoms with Gasteiger partial charge in [0.25, 0.3) is 0 Å². The van der Waals surface area contributed by atoms with Gasteiger partial charge in [0.1, 0.15) is 11.9 Å². The van der Waals surface area contributed by atoms with Gasteiger partial charge in [-0.15, -0.1) is 0 Å². The third kappa shape index (κ3) is 5.44. The minimum absolute atomic E-state index is 0.174. The average Bonchev–Trinajstić information content (AvgIpc) is 3.40. The van der Waals surface area contributed by atoms with Crippen molar-refractivity contribution < 1.29 is 14.6 Å². The fourth-order valence-electron chi connectivity index (χ4n) is 5.38. The number of benzene rings is 3. The molecule has 0 bridgehead atoms. The van der Waals surface area contributed by atoms with Crippen LogP contribution < -0.4 is 15.4 Å². The van der Waals surface area contributed by atoms with Gasteiger partial charge in [0.2, 0.25) is 0 Å². The van der Waals surface area contributed by atoms with E-state index in [4.69, 9.17) is 4.74 Å². The number of ether oxygens (including phenoxy) is 1. The molecule has 2 amide bonds. The molecule has 35 heavy (non-hydrogen) atoms. The highest BCUT2D eigenvalue weighted by Gasteiger charge is 2.28. The van der Waals surface area contributed by atoms with E-state index in [1.807, 2.05) is 43.3 Å². The Morgan fingerprint density at radius 2 is 1.83 bits per heavy atom. The van der Waals surface area contributed by atoms with Crippen molar-refractivity contribution in [2.24, 2.45) is 0 Å². The summed E-state index contributed by atoms with van der Waals surface area (Å²) >= 11 is 0. The monoisotopic (exact) mass is 473 g/mol. The topological polar surface area (TPSA) is 73.8 Å². The summed E-state index contributed by atoms with van der Waals surface area (Å²) in [6, 6.07) is 19.4. The number of carbonyl (C=O) groups excluding carboxylic acids is 1. The fraction of sp³-hybridized carbons (Fsp3) is 0.414. The quantitative estimate of drug-likeness (QED) is 0.464. The maximum atomic E-state index is 13.1. The largest absolute Gasteiger partial charge is 0.493 e. The van der Waals surface area contributed by atoms with Gasteiger partial charge in [-0.05, 0) is 85.3 Å². The van der Waals surface area contributed by atoms with Crippen LogP contribution in [0.4, 0.5) is 4.79 Å². The molecule has 6 nitrogen and oxygen atoms in total. The Morgan fingerprint density at radius 1 is 1.03 bits per heavy atom. The lowest BCUT2D eigenvalue weighted by molar-refractivity contribution is 0.109. The number of rotatable bonds is 7. The second-order valence-electron chi connectivity index (χ2n) is 9.79. The molecule has 1 saturated heterocycles. The van der Waals surface area contributed by atoms with Gasteiger partial charge in [0.05, 0.1) is 18.7 Å². The van der Waals surface area contributed by atoms with Crippen molar-refractivity contribution in [2.45, 2.75) is 50.8 Å². The van der Waals surface area contributed by atoms with E-state index in [1.54, 1.807) is 0 Å². The summed E-state index contributed by atoms with van der Waals surface area (Å²) in [5, 5.41) is 19.9. The first-order valence-electron chi connectivity index (χ1n) is 12.8. The van der Waals surface area contributed by atoms with E-state index in [-0.39, 0.29) is 12.1 Å². The van der Waals surface area contributed by atoms with E-state index in [0.717, 1.165) is 78.6 Å². The van der Waals surface area contributed by atoms with E-state index in [1.165, 1.54) is 0 Å². The number of aliphatic hydroxyl groups is 1. The van der Waals surface area contributed by atoms with Crippen molar-refractivity contribution in [1.82, 2.24) is 15.5 Å². The molecule has 2 aliphatic rings. The molecule has 3 aromatic carbocycles. The molecule has 0 saturated carbocycles. The summed E-state index contributed by atoms with van der Waals surface area (Å²) < 4.78 is 5.74. The Bertz CT molecular complexity index is 1170. The number of aliphatic hydroxyl groups excluding tert-OH is 1. The molecule has 5 rings (SSSR count). The molecule has 3 N–H and O–H groups in total. The Labute approximate surface area is 207 Å². The van der Waals surface area contributed by atoms with Gasteiger partial charge in [-0.3, -0.25) is 0 Å². The van der Waals surface area contributed by atoms with E-state index >= 15 is 0 Å². The van der Waals surface area contributed by atoms with E-state index in [0.29, 0.717) is 6.54 Å². The molecule has 0 spiro atoms. The SMILES string of the molecule is C[C@H](NC(=O)N[C@H](CN1CCCC1)[C@H](O)c1ccc2c(c1)CCCO2)c1cccc2ccccc12. The Kier molecular flexibility index (Phi) is 7.21. The molecular weight excluding hydrogens is 438 g/mol. The number of amides is 2. The van der Waals surface area contributed by atoms with E-state index < -0.39 is 12.1 Å². The molecular formula is C29H35N3O3. The van der Waals surface area contributed by atoms with Crippen molar-refractivity contribution in [3.63, 3.8) is 0 Å². The molecule has 0 aromatic heterocycles. The van der Waals surface area contributed by atoms with Crippen LogP contribution >= 0.6 is 0 Å². The predicted octanol–water partition coefficient (Wildman–Crippen LogP) is 4.72. The van der Waals surface area contributed by atoms with Crippen LogP contribution in [-0.2, 0) is 6.42 Å². The zero-order valence-electron chi connectivity index (χ0n) is 20.4. The maximum absolute atomic E-state index is 13.1. The minimum Gasteiger partial charge on any atom is -0.493 e. The second kappa shape index (κ2) is 10.7. The van der Waals surface area contributed by atoms with Crippen molar-refractivity contribution in [3.05, 3.63) is 77.4 Å². The van der Waals surface area contributed by atoms with Crippen LogP contribution in [0.15, 0.2) is 60.7 Å². The van der Waals surface area contributed by atoms with Crippen LogP contribution in [0.5, 0.6) is 5.75 Å². The second-order valence-corrected chi connectivity index (χ2v) is 9.79. The Hall–Kier alpha value is -3.09. The first-order valence-corrected chi connectivity index (χ1v) is 12.8. The molecule has 0 unspecified atom stereocenters. The lowest BCUT2D eigenvalue weighted by Crippen LogP contribution is -2.50. The third-order valence-electron chi connectivity index (χ3n) is 7.26. The zero-order valence-corrected chi connectivity index (χ0v) is 20.4. The van der Waals surface area contributed by atoms with E-state index in [9.17, 15) is 9.90 Å². The van der Waals surface area contributed by atoms with Gasteiger partial charge in [-0.25, -0.2) is 4.79 Å². The molecule has 3 aromatic rings. The summed E-state index contributed by atoms with van der Waals surface area (Å²) in [6.45, 7) is 5.35. The Morgan fingerprint density at radius 3 is 2.69 bits per heavy atom. The summed E-state index contributed by atoms with van der Waals surface area (Å²) in [5.74, 6) is 0.901. The van der Waals surface area contributed by atoms with Crippen LogP contribution in [0.3, 0.4) is 0 Å². The standard InChI is InChI=1S/C29H35N3O3/c1-20(24-12-6-9-21-8-2-3-11-25(21)24)30-29(34)31-26(19-32-15-4-5-16-32)28(33)23-13-14-27-22(18-23)10-7-17-35-27/h2-3,6,8-9,11-14,18,20,26,28,33H,4-5,7,10,15-17,19H2,1H3,(H2,30,31,34)/t20-,26+,28+/m0/s1. The van der Waals surface area contributed by atoms with Crippen LogP contribution in [-0.4, -0.2) is 48.3 Å². The highest BCUT2D eigenvalue weighted by molar-refractivity contribution is 5.86. The lowest BCUT2D eigenvalue weighted by atomic mass is 9.96. The highest BCUT2D eigenvalue weighted by atomic mass is 16.5. The third-order valence-corrected chi connectivity index (χ3v) is 7.26. The molecule has 2 heterocycles. The number of nitrogens with one attached hydrogen (secondary N) is 2. The molecule has 2 aliphatic heterocycles. The molecule has 1 fully saturated rings. The first kappa shape index (κ1) is 23.6. The van der Waals surface area contributed by atoms with Crippen molar-refractivity contribution in [2.75, 3.05) is 26.2 Å². The number of fused-ring (bicyclic) bond motifs is 2. The maximum Gasteiger partial charge on any atom is 0.315 e. The number of aryl methyl sites for hydroxylation is 1. The van der Waals surface area contributed by atoms with Crippen molar-refractivity contribution in [3.8, 4) is 5.75 Å². The van der Waals surface area contributed by atoms with Gasteiger partial charge in [-0.1, -0.05) is 48.5 Å². The number of likely N-dealkylation sites (tertiary alicyclic amines) is 1. The number of hydrogen-bond donors (Lipinski definition) is 3. The van der Waals surface area contributed by atoms with Crippen LogP contribution in [0.25, 0.3) is 10.8 Å². The van der Waals surface area contributed by atoms with Crippen molar-refractivity contribution in [1.29, 1.82) is 0 Å². The van der Waals surface area contributed by atoms with Crippen LogP contribution in [0, 0.1) is 0 Å². The zero-order chi connectivity index (χ0) is 24.2. The van der Waals surface area contributed by atoms with Gasteiger partial charge in [0.15, 0.2) is 0 Å². The number of nitrogens with zero attached hydrogens (tertiary/aromatic N) is 1. The van der Waals surface area contributed by atoms with Gasteiger partial charge in [-0.2, -0.15) is 0 Å². The predicted molar refractivity (Wildman–Crippen MR) is 139 cm³/mol. The number of urea groups is 1. The van der Waals surface area contributed by atoms with Crippen LogP contribution in [0.1, 0.15) is 55.0 Å². The fourth-order valence-corrected chi connectivity index (χ4v) is 5.38. The normalized spacial score (nSPS) is 18.3. The molecule has 3 atom stereocenters. The molecule has 0 aliphatic carbocycles. The lowest BCUT2D eigenvalue weighted by Gasteiger charge is -2.30.